The van der Waals surface area contributed by atoms with Crippen molar-refractivity contribution in [3.8, 4) is 0 Å². The van der Waals surface area contributed by atoms with Crippen LogP contribution < -0.4 is 0 Å². The lowest BCUT2D eigenvalue weighted by molar-refractivity contribution is 0.688. The van der Waals surface area contributed by atoms with Crippen molar-refractivity contribution in [2.24, 2.45) is 0 Å². The highest BCUT2D eigenvalue weighted by Gasteiger charge is 2.11. The summed E-state index contributed by atoms with van der Waals surface area (Å²) in [5.41, 5.74) is 5.26. The van der Waals surface area contributed by atoms with Gasteiger partial charge < -0.3 is 4.57 Å². The van der Waals surface area contributed by atoms with Gasteiger partial charge in [-0.25, -0.2) is 0 Å². The van der Waals surface area contributed by atoms with Crippen LogP contribution in [0, 0.1) is 20.8 Å². The van der Waals surface area contributed by atoms with Crippen LogP contribution in [0.1, 0.15) is 28.1 Å². The number of aryl methyl sites for hydroxylation is 3. The van der Waals surface area contributed by atoms with Gasteiger partial charge in [0.1, 0.15) is 5.82 Å². The van der Waals surface area contributed by atoms with E-state index < -0.39 is 0 Å². The van der Waals surface area contributed by atoms with E-state index in [0.29, 0.717) is 0 Å². The summed E-state index contributed by atoms with van der Waals surface area (Å²) in [6.45, 7) is 7.12. The summed E-state index contributed by atoms with van der Waals surface area (Å²) in [6.07, 6.45) is 0. The molecule has 118 valence electrons. The molecule has 0 aliphatic carbocycles. The average Bonchev–Trinajstić information content (AvgIpc) is 2.90. The highest BCUT2D eigenvalue weighted by Crippen LogP contribution is 2.25. The van der Waals surface area contributed by atoms with E-state index in [1.807, 2.05) is 13.0 Å². The Morgan fingerprint density at radius 2 is 1.74 bits per heavy atom. The molecule has 0 saturated heterocycles. The van der Waals surface area contributed by atoms with E-state index in [1.165, 1.54) is 22.3 Å². The van der Waals surface area contributed by atoms with E-state index in [9.17, 15) is 0 Å². The van der Waals surface area contributed by atoms with Gasteiger partial charge in [0.25, 0.3) is 0 Å². The fourth-order valence-corrected chi connectivity index (χ4v) is 3.56. The minimum Gasteiger partial charge on any atom is -0.302 e. The predicted octanol–water partition coefficient (Wildman–Crippen LogP) is 4.54. The number of aromatic nitrogens is 3. The second kappa shape index (κ2) is 7.01. The standard InChI is InChI=1S/C19H21N3S/c1-14-9-10-15(2)18(11-14)13-23-19-21-20-16(3)22(19)12-17-7-5-4-6-8-17/h4-11H,12-13H2,1-3H3. The smallest absolute Gasteiger partial charge is 0.191 e. The fraction of sp³-hybridized carbons (Fsp3) is 0.263. The Bertz CT molecular complexity index is 794. The summed E-state index contributed by atoms with van der Waals surface area (Å²) in [6, 6.07) is 17.1. The topological polar surface area (TPSA) is 30.7 Å². The number of benzene rings is 2. The monoisotopic (exact) mass is 323 g/mol. The van der Waals surface area contributed by atoms with Crippen LogP contribution in [-0.4, -0.2) is 14.8 Å². The minimum absolute atomic E-state index is 0.814. The van der Waals surface area contributed by atoms with E-state index in [0.717, 1.165) is 23.3 Å². The van der Waals surface area contributed by atoms with Crippen molar-refractivity contribution >= 4 is 11.8 Å². The van der Waals surface area contributed by atoms with Gasteiger partial charge >= 0.3 is 0 Å². The van der Waals surface area contributed by atoms with Crippen LogP contribution in [0.15, 0.2) is 53.7 Å². The number of nitrogens with zero attached hydrogens (tertiary/aromatic N) is 3. The molecular formula is C19H21N3S. The summed E-state index contributed by atoms with van der Waals surface area (Å²) >= 11 is 1.75. The van der Waals surface area contributed by atoms with Crippen LogP contribution in [0.25, 0.3) is 0 Å². The first kappa shape index (κ1) is 15.8. The lowest BCUT2D eigenvalue weighted by Gasteiger charge is -2.10. The van der Waals surface area contributed by atoms with Crippen LogP contribution in [0.5, 0.6) is 0 Å². The summed E-state index contributed by atoms with van der Waals surface area (Å²) in [4.78, 5) is 0. The maximum absolute atomic E-state index is 4.35. The highest BCUT2D eigenvalue weighted by atomic mass is 32.2. The maximum Gasteiger partial charge on any atom is 0.191 e. The first-order chi connectivity index (χ1) is 11.1. The van der Waals surface area contributed by atoms with Crippen molar-refractivity contribution in [1.29, 1.82) is 0 Å². The zero-order valence-corrected chi connectivity index (χ0v) is 14.6. The number of thioether (sulfide) groups is 1. The van der Waals surface area contributed by atoms with Gasteiger partial charge in [0, 0.05) is 5.75 Å². The average molecular weight is 323 g/mol. The van der Waals surface area contributed by atoms with Gasteiger partial charge in [-0.1, -0.05) is 65.9 Å². The molecule has 0 aliphatic heterocycles. The first-order valence-corrected chi connectivity index (χ1v) is 8.74. The van der Waals surface area contributed by atoms with Crippen molar-refractivity contribution in [3.05, 3.63) is 76.6 Å². The molecule has 1 aromatic heterocycles. The van der Waals surface area contributed by atoms with Crippen molar-refractivity contribution in [1.82, 2.24) is 14.8 Å². The SMILES string of the molecule is Cc1ccc(C)c(CSc2nnc(C)n2Cc2ccccc2)c1. The normalized spacial score (nSPS) is 10.9. The molecule has 0 radical (unpaired) electrons. The van der Waals surface area contributed by atoms with Gasteiger partial charge in [-0.15, -0.1) is 10.2 Å². The maximum atomic E-state index is 4.35. The van der Waals surface area contributed by atoms with Crippen LogP contribution >= 0.6 is 11.8 Å². The molecule has 3 nitrogen and oxygen atoms in total. The van der Waals surface area contributed by atoms with Crippen LogP contribution in [-0.2, 0) is 12.3 Å². The van der Waals surface area contributed by atoms with Crippen molar-refractivity contribution < 1.29 is 0 Å². The second-order valence-corrected chi connectivity index (χ2v) is 6.76. The molecule has 2 aromatic carbocycles. The fourth-order valence-electron chi connectivity index (χ4n) is 2.51. The van der Waals surface area contributed by atoms with Crippen LogP contribution in [0.3, 0.4) is 0 Å². The zero-order valence-electron chi connectivity index (χ0n) is 13.8. The molecule has 0 fully saturated rings. The summed E-state index contributed by atoms with van der Waals surface area (Å²) < 4.78 is 2.19. The minimum atomic E-state index is 0.814. The first-order valence-electron chi connectivity index (χ1n) is 7.76. The summed E-state index contributed by atoms with van der Waals surface area (Å²) in [5.74, 6) is 1.87. The Labute approximate surface area is 141 Å². The lowest BCUT2D eigenvalue weighted by Crippen LogP contribution is -2.04. The van der Waals surface area contributed by atoms with E-state index in [1.54, 1.807) is 11.8 Å². The number of rotatable bonds is 5. The van der Waals surface area contributed by atoms with Crippen molar-refractivity contribution in [2.75, 3.05) is 0 Å². The Kier molecular flexibility index (Phi) is 4.82. The molecule has 23 heavy (non-hydrogen) atoms. The highest BCUT2D eigenvalue weighted by molar-refractivity contribution is 7.98. The third kappa shape index (κ3) is 3.82. The van der Waals surface area contributed by atoms with Gasteiger partial charge in [-0.3, -0.25) is 0 Å². The summed E-state index contributed by atoms with van der Waals surface area (Å²) in [5, 5.41) is 9.59. The largest absolute Gasteiger partial charge is 0.302 e. The molecule has 4 heteroatoms. The molecule has 0 unspecified atom stereocenters. The number of hydrogen-bond acceptors (Lipinski definition) is 3. The second-order valence-electron chi connectivity index (χ2n) is 5.82. The van der Waals surface area contributed by atoms with E-state index in [-0.39, 0.29) is 0 Å². The Morgan fingerprint density at radius 3 is 2.52 bits per heavy atom. The van der Waals surface area contributed by atoms with Crippen molar-refractivity contribution in [2.45, 2.75) is 38.2 Å². The Hall–Kier alpha value is -2.07. The molecule has 0 N–H and O–H groups in total. The van der Waals surface area contributed by atoms with E-state index in [2.05, 4.69) is 71.1 Å². The van der Waals surface area contributed by atoms with Gasteiger partial charge in [0.15, 0.2) is 5.16 Å². The molecule has 0 spiro atoms. The van der Waals surface area contributed by atoms with Crippen molar-refractivity contribution in [3.63, 3.8) is 0 Å². The van der Waals surface area contributed by atoms with Crippen LogP contribution in [0.4, 0.5) is 0 Å². The molecule has 0 bridgehead atoms. The van der Waals surface area contributed by atoms with Gasteiger partial charge in [0.2, 0.25) is 0 Å². The summed E-state index contributed by atoms with van der Waals surface area (Å²) in [7, 11) is 0. The molecular weight excluding hydrogens is 302 g/mol. The van der Waals surface area contributed by atoms with Gasteiger partial charge in [-0.2, -0.15) is 0 Å². The third-order valence-electron chi connectivity index (χ3n) is 3.95. The molecule has 0 saturated carbocycles. The third-order valence-corrected chi connectivity index (χ3v) is 4.96. The number of hydrogen-bond donors (Lipinski definition) is 0. The van der Waals surface area contributed by atoms with Gasteiger partial charge in [-0.05, 0) is 37.5 Å². The van der Waals surface area contributed by atoms with E-state index >= 15 is 0 Å². The predicted molar refractivity (Wildman–Crippen MR) is 95.8 cm³/mol. The molecule has 3 aromatic rings. The Morgan fingerprint density at radius 1 is 0.957 bits per heavy atom. The zero-order chi connectivity index (χ0) is 16.2. The molecule has 0 amide bonds. The molecule has 1 heterocycles. The van der Waals surface area contributed by atoms with Gasteiger partial charge in [0.05, 0.1) is 6.54 Å². The quantitative estimate of drug-likeness (QED) is 0.646. The molecule has 3 rings (SSSR count). The molecule has 0 aliphatic rings. The molecule has 0 atom stereocenters. The Balaban J connectivity index is 1.77. The van der Waals surface area contributed by atoms with E-state index in [4.69, 9.17) is 0 Å². The van der Waals surface area contributed by atoms with Crippen LogP contribution in [0.2, 0.25) is 0 Å². The lowest BCUT2D eigenvalue weighted by atomic mass is 10.1.